The topological polar surface area (TPSA) is 183 Å². The van der Waals surface area contributed by atoms with Gasteiger partial charge in [-0.05, 0) is 19.4 Å². The van der Waals surface area contributed by atoms with Crippen molar-refractivity contribution in [2.24, 2.45) is 11.7 Å². The molecule has 0 fully saturated rings. The van der Waals surface area contributed by atoms with Gasteiger partial charge in [0.25, 0.3) is 0 Å². The van der Waals surface area contributed by atoms with E-state index in [2.05, 4.69) is 10.6 Å². The average molecular weight is 482 g/mol. The summed E-state index contributed by atoms with van der Waals surface area (Å²) in [6.07, 6.45) is -3.20. The normalized spacial score (nSPS) is 13.0. The number of aliphatic hydroxyl groups excluding tert-OH is 1. The summed E-state index contributed by atoms with van der Waals surface area (Å²) in [5, 5.41) is 14.6. The maximum absolute atomic E-state index is 12.3. The predicted octanol–water partition coefficient (Wildman–Crippen LogP) is -0.234. The van der Waals surface area contributed by atoms with Crippen LogP contribution in [-0.2, 0) is 40.0 Å². The quantitative estimate of drug-likeness (QED) is 0.206. The number of primary amides is 1. The van der Waals surface area contributed by atoms with Crippen molar-refractivity contribution < 1.29 is 43.3 Å². The van der Waals surface area contributed by atoms with E-state index in [0.29, 0.717) is 0 Å². The lowest BCUT2D eigenvalue weighted by Crippen LogP contribution is -2.53. The number of amides is 3. The van der Waals surface area contributed by atoms with Crippen LogP contribution in [-0.4, -0.2) is 66.9 Å². The third kappa shape index (κ3) is 10.8. The van der Waals surface area contributed by atoms with Gasteiger partial charge in [-0.2, -0.15) is 0 Å². The van der Waals surface area contributed by atoms with Gasteiger partial charge >= 0.3 is 18.0 Å². The molecule has 12 heteroatoms. The molecule has 0 aliphatic carbocycles. The molecule has 1 aromatic rings. The van der Waals surface area contributed by atoms with Gasteiger partial charge in [0.2, 0.25) is 11.8 Å². The number of hydrogen-bond donors (Lipinski definition) is 4. The number of esters is 2. The van der Waals surface area contributed by atoms with Crippen LogP contribution in [0.2, 0.25) is 0 Å². The van der Waals surface area contributed by atoms with Gasteiger partial charge in [-0.25, -0.2) is 4.79 Å². The Bertz CT molecular complexity index is 832. The second-order valence-electron chi connectivity index (χ2n) is 7.12. The van der Waals surface area contributed by atoms with E-state index in [9.17, 15) is 29.1 Å². The number of carbonyl (C=O) groups is 5. The van der Waals surface area contributed by atoms with Gasteiger partial charge in [0, 0.05) is 6.54 Å². The summed E-state index contributed by atoms with van der Waals surface area (Å²) in [5.41, 5.74) is 6.10. The highest BCUT2D eigenvalue weighted by Crippen LogP contribution is 2.14. The molecule has 0 saturated heterocycles. The van der Waals surface area contributed by atoms with E-state index in [0.717, 1.165) is 5.56 Å². The van der Waals surface area contributed by atoms with Gasteiger partial charge in [0.1, 0.15) is 12.6 Å². The maximum Gasteiger partial charge on any atom is 0.407 e. The number of nitrogens with two attached hydrogens (primary N) is 1. The van der Waals surface area contributed by atoms with Crippen LogP contribution in [0, 0.1) is 5.92 Å². The highest BCUT2D eigenvalue weighted by atomic mass is 16.6. The number of nitrogens with one attached hydrogen (secondary N) is 2. The highest BCUT2D eigenvalue weighted by molar-refractivity contribution is 5.93. The standard InChI is InChI=1S/C22H31N3O9/c1-3-32-18(28)11-16(21(30)33-4-2)19(20(23)29)25-17(27)10-15(26)12-24-22(31)34-13-14-8-6-5-7-9-14/h5-9,15-16,19,26H,3-4,10-13H2,1-2H3,(H2,23,29)(H,24,31)(H,25,27)/t15-,16+,19+/m1/s1. The van der Waals surface area contributed by atoms with Gasteiger partial charge in [-0.15, -0.1) is 0 Å². The number of alkyl carbamates (subject to hydrolysis) is 1. The first-order valence-corrected chi connectivity index (χ1v) is 10.7. The molecule has 0 aromatic heterocycles. The second kappa shape index (κ2) is 15.2. The van der Waals surface area contributed by atoms with Crippen molar-refractivity contribution in [3.05, 3.63) is 35.9 Å². The Morgan fingerprint density at radius 3 is 2.21 bits per heavy atom. The third-order valence-corrected chi connectivity index (χ3v) is 4.42. The van der Waals surface area contributed by atoms with E-state index in [1.807, 2.05) is 6.07 Å². The Morgan fingerprint density at radius 2 is 1.62 bits per heavy atom. The van der Waals surface area contributed by atoms with Gasteiger partial charge in [0.05, 0.1) is 38.1 Å². The molecule has 0 bridgehead atoms. The number of hydrogen-bond acceptors (Lipinski definition) is 9. The molecule has 1 rings (SSSR count). The van der Waals surface area contributed by atoms with Gasteiger partial charge in [0.15, 0.2) is 0 Å². The molecule has 0 heterocycles. The van der Waals surface area contributed by atoms with Crippen molar-refractivity contribution in [2.45, 2.75) is 45.4 Å². The largest absolute Gasteiger partial charge is 0.466 e. The van der Waals surface area contributed by atoms with E-state index >= 15 is 0 Å². The fraction of sp³-hybridized carbons (Fsp3) is 0.500. The molecule has 0 spiro atoms. The van der Waals surface area contributed by atoms with Gasteiger partial charge in [-0.1, -0.05) is 30.3 Å². The fourth-order valence-electron chi connectivity index (χ4n) is 2.85. The van der Waals surface area contributed by atoms with Crippen LogP contribution in [0.5, 0.6) is 0 Å². The zero-order valence-corrected chi connectivity index (χ0v) is 19.2. The summed E-state index contributed by atoms with van der Waals surface area (Å²) >= 11 is 0. The van der Waals surface area contributed by atoms with E-state index in [1.165, 1.54) is 6.92 Å². The first-order chi connectivity index (χ1) is 16.2. The van der Waals surface area contributed by atoms with Crippen LogP contribution in [0.4, 0.5) is 4.79 Å². The molecule has 188 valence electrons. The van der Waals surface area contributed by atoms with Crippen molar-refractivity contribution in [3.8, 4) is 0 Å². The molecular weight excluding hydrogens is 450 g/mol. The Hall–Kier alpha value is -3.67. The number of rotatable bonds is 14. The molecule has 3 atom stereocenters. The van der Waals surface area contributed by atoms with Crippen molar-refractivity contribution >= 4 is 29.8 Å². The van der Waals surface area contributed by atoms with Crippen molar-refractivity contribution in [3.63, 3.8) is 0 Å². The summed E-state index contributed by atoms with van der Waals surface area (Å²) in [4.78, 5) is 60.1. The van der Waals surface area contributed by atoms with E-state index in [-0.39, 0.29) is 26.4 Å². The molecule has 1 aromatic carbocycles. The minimum Gasteiger partial charge on any atom is -0.466 e. The number of benzene rings is 1. The zero-order chi connectivity index (χ0) is 25.5. The number of carbonyl (C=O) groups excluding carboxylic acids is 5. The summed E-state index contributed by atoms with van der Waals surface area (Å²) in [7, 11) is 0. The minimum absolute atomic E-state index is 0.0255. The molecule has 0 aliphatic rings. The van der Waals surface area contributed by atoms with Crippen LogP contribution >= 0.6 is 0 Å². The molecule has 5 N–H and O–H groups in total. The minimum atomic E-state index is -1.58. The summed E-state index contributed by atoms with van der Waals surface area (Å²) in [5.74, 6) is -5.02. The average Bonchev–Trinajstić information content (AvgIpc) is 2.79. The zero-order valence-electron chi connectivity index (χ0n) is 19.2. The molecule has 0 radical (unpaired) electrons. The molecule has 0 saturated carbocycles. The first-order valence-electron chi connectivity index (χ1n) is 10.7. The lowest BCUT2D eigenvalue weighted by atomic mass is 9.95. The summed E-state index contributed by atoms with van der Waals surface area (Å²) in [6.45, 7) is 2.84. The van der Waals surface area contributed by atoms with Crippen LogP contribution in [0.1, 0.15) is 32.3 Å². The summed E-state index contributed by atoms with van der Waals surface area (Å²) < 4.78 is 14.7. The van der Waals surface area contributed by atoms with Crippen molar-refractivity contribution in [2.75, 3.05) is 19.8 Å². The smallest absolute Gasteiger partial charge is 0.407 e. The predicted molar refractivity (Wildman–Crippen MR) is 118 cm³/mol. The second-order valence-corrected chi connectivity index (χ2v) is 7.12. The number of ether oxygens (including phenoxy) is 3. The van der Waals surface area contributed by atoms with Crippen LogP contribution in [0.3, 0.4) is 0 Å². The number of aliphatic hydroxyl groups is 1. The summed E-state index contributed by atoms with van der Waals surface area (Å²) in [6, 6.07) is 7.36. The van der Waals surface area contributed by atoms with Crippen LogP contribution in [0.15, 0.2) is 30.3 Å². The van der Waals surface area contributed by atoms with E-state index in [4.69, 9.17) is 19.9 Å². The van der Waals surface area contributed by atoms with Crippen molar-refractivity contribution in [1.82, 2.24) is 10.6 Å². The monoisotopic (exact) mass is 481 g/mol. The van der Waals surface area contributed by atoms with E-state index < -0.39 is 60.8 Å². The van der Waals surface area contributed by atoms with Crippen LogP contribution < -0.4 is 16.4 Å². The maximum atomic E-state index is 12.3. The molecular formula is C22H31N3O9. The molecule has 0 aliphatic heterocycles. The molecule has 34 heavy (non-hydrogen) atoms. The lowest BCUT2D eigenvalue weighted by Gasteiger charge is -2.24. The van der Waals surface area contributed by atoms with Crippen molar-refractivity contribution in [1.29, 1.82) is 0 Å². The van der Waals surface area contributed by atoms with E-state index in [1.54, 1.807) is 31.2 Å². The molecule has 12 nitrogen and oxygen atoms in total. The Labute approximate surface area is 197 Å². The molecule has 0 unspecified atom stereocenters. The van der Waals surface area contributed by atoms with Gasteiger partial charge < -0.3 is 35.7 Å². The Kier molecular flexibility index (Phi) is 12.7. The Balaban J connectivity index is 2.62. The molecule has 3 amide bonds. The first kappa shape index (κ1) is 28.4. The fourth-order valence-corrected chi connectivity index (χ4v) is 2.85. The lowest BCUT2D eigenvalue weighted by molar-refractivity contribution is -0.157. The third-order valence-electron chi connectivity index (χ3n) is 4.42. The highest BCUT2D eigenvalue weighted by Gasteiger charge is 2.37. The van der Waals surface area contributed by atoms with Gasteiger partial charge in [-0.3, -0.25) is 19.2 Å². The Morgan fingerprint density at radius 1 is 0.971 bits per heavy atom. The SMILES string of the molecule is CCOC(=O)C[C@H](C(=O)OCC)[C@H](NC(=O)C[C@@H](O)CNC(=O)OCc1ccccc1)C(N)=O. The van der Waals surface area contributed by atoms with Crippen LogP contribution in [0.25, 0.3) is 0 Å².